The minimum Gasteiger partial charge on any atom is -0.354 e. The molecule has 0 aliphatic heterocycles. The maximum absolute atomic E-state index is 12.4. The Morgan fingerprint density at radius 1 is 1.28 bits per heavy atom. The number of imidazole rings is 1. The zero-order valence-electron chi connectivity index (χ0n) is 14.4. The van der Waals surface area contributed by atoms with Gasteiger partial charge in [0.15, 0.2) is 0 Å². The van der Waals surface area contributed by atoms with Crippen LogP contribution in [0.2, 0.25) is 5.02 Å². The van der Waals surface area contributed by atoms with Crippen molar-refractivity contribution in [1.82, 2.24) is 20.2 Å². The molecule has 1 heterocycles. The molecule has 0 aliphatic carbocycles. The number of carbonyl (C=O) groups is 2. The number of hydrogen-bond acceptors (Lipinski definition) is 3. The Balaban J connectivity index is 1.87. The first-order valence-electron chi connectivity index (χ1n) is 8.28. The van der Waals surface area contributed by atoms with E-state index in [1.165, 1.54) is 0 Å². The standard InChI is InChI=1S/C18H23ClN4O2/c1-13(2)16(22-17(24)14-6-3-4-7-15(14)19)18(25)21-8-5-10-23-11-9-20-12-23/h3-4,6-7,9,11-13,16H,5,8,10H2,1-2H3,(H,21,25)(H,22,24). The Kier molecular flexibility index (Phi) is 7.01. The van der Waals surface area contributed by atoms with Crippen LogP contribution in [0.1, 0.15) is 30.6 Å². The average Bonchev–Trinajstić information content (AvgIpc) is 3.09. The minimum atomic E-state index is -0.614. The van der Waals surface area contributed by atoms with Crippen molar-refractivity contribution in [3.8, 4) is 0 Å². The summed E-state index contributed by atoms with van der Waals surface area (Å²) in [6.45, 7) is 5.09. The molecule has 134 valence electrons. The van der Waals surface area contributed by atoms with E-state index < -0.39 is 6.04 Å². The molecule has 1 aromatic carbocycles. The predicted molar refractivity (Wildman–Crippen MR) is 97.4 cm³/mol. The highest BCUT2D eigenvalue weighted by Gasteiger charge is 2.25. The molecule has 2 N–H and O–H groups in total. The molecule has 0 saturated carbocycles. The molecule has 2 aromatic rings. The Labute approximate surface area is 152 Å². The van der Waals surface area contributed by atoms with Crippen LogP contribution in [0.5, 0.6) is 0 Å². The lowest BCUT2D eigenvalue weighted by Crippen LogP contribution is -2.50. The maximum Gasteiger partial charge on any atom is 0.253 e. The molecule has 2 rings (SSSR count). The molecule has 0 spiro atoms. The molecule has 6 nitrogen and oxygen atoms in total. The maximum atomic E-state index is 12.4. The van der Waals surface area contributed by atoms with Crippen molar-refractivity contribution in [3.63, 3.8) is 0 Å². The van der Waals surface area contributed by atoms with Crippen molar-refractivity contribution >= 4 is 23.4 Å². The first kappa shape index (κ1) is 19.0. The van der Waals surface area contributed by atoms with Crippen LogP contribution in [0.15, 0.2) is 43.0 Å². The fraction of sp³-hybridized carbons (Fsp3) is 0.389. The van der Waals surface area contributed by atoms with Gasteiger partial charge in [-0.05, 0) is 24.5 Å². The van der Waals surface area contributed by atoms with Crippen molar-refractivity contribution in [1.29, 1.82) is 0 Å². The number of benzene rings is 1. The third kappa shape index (κ3) is 5.60. The SMILES string of the molecule is CC(C)C(NC(=O)c1ccccc1Cl)C(=O)NCCCn1ccnc1. The monoisotopic (exact) mass is 362 g/mol. The van der Waals surface area contributed by atoms with Crippen molar-refractivity contribution in [2.24, 2.45) is 5.92 Å². The third-order valence-electron chi connectivity index (χ3n) is 3.81. The summed E-state index contributed by atoms with van der Waals surface area (Å²) in [7, 11) is 0. The Bertz CT molecular complexity index is 701. The number of rotatable bonds is 8. The lowest BCUT2D eigenvalue weighted by Gasteiger charge is -2.22. The number of carbonyl (C=O) groups excluding carboxylic acids is 2. The van der Waals surface area contributed by atoms with E-state index in [4.69, 9.17) is 11.6 Å². The van der Waals surface area contributed by atoms with Gasteiger partial charge in [-0.2, -0.15) is 0 Å². The van der Waals surface area contributed by atoms with Gasteiger partial charge >= 0.3 is 0 Å². The van der Waals surface area contributed by atoms with Crippen molar-refractivity contribution in [2.75, 3.05) is 6.54 Å². The summed E-state index contributed by atoms with van der Waals surface area (Å²) in [4.78, 5) is 28.8. The number of aromatic nitrogens is 2. The number of aryl methyl sites for hydroxylation is 1. The zero-order chi connectivity index (χ0) is 18.2. The van der Waals surface area contributed by atoms with E-state index in [0.29, 0.717) is 17.1 Å². The van der Waals surface area contributed by atoms with Crippen LogP contribution in [0.3, 0.4) is 0 Å². The quantitative estimate of drug-likeness (QED) is 0.708. The fourth-order valence-electron chi connectivity index (χ4n) is 2.40. The molecule has 0 aliphatic rings. The van der Waals surface area contributed by atoms with E-state index in [1.807, 2.05) is 24.6 Å². The smallest absolute Gasteiger partial charge is 0.253 e. The van der Waals surface area contributed by atoms with Crippen LogP contribution in [0.25, 0.3) is 0 Å². The van der Waals surface area contributed by atoms with Crippen molar-refractivity contribution in [3.05, 3.63) is 53.6 Å². The molecule has 1 unspecified atom stereocenters. The van der Waals surface area contributed by atoms with E-state index in [1.54, 1.807) is 36.8 Å². The second-order valence-electron chi connectivity index (χ2n) is 6.12. The van der Waals surface area contributed by atoms with Crippen molar-refractivity contribution in [2.45, 2.75) is 32.9 Å². The highest BCUT2D eigenvalue weighted by atomic mass is 35.5. The van der Waals surface area contributed by atoms with Gasteiger partial charge in [-0.15, -0.1) is 0 Å². The number of hydrogen-bond donors (Lipinski definition) is 2. The molecule has 25 heavy (non-hydrogen) atoms. The third-order valence-corrected chi connectivity index (χ3v) is 4.14. The van der Waals surface area contributed by atoms with E-state index >= 15 is 0 Å². The van der Waals surface area contributed by atoms with Crippen LogP contribution < -0.4 is 10.6 Å². The number of nitrogens with zero attached hydrogens (tertiary/aromatic N) is 2. The van der Waals surface area contributed by atoms with E-state index in [-0.39, 0.29) is 17.7 Å². The number of amides is 2. The average molecular weight is 363 g/mol. The van der Waals surface area contributed by atoms with Crippen LogP contribution in [-0.4, -0.2) is 34.0 Å². The minimum absolute atomic E-state index is 0.0416. The molecular formula is C18H23ClN4O2. The molecule has 1 atom stereocenters. The van der Waals surface area contributed by atoms with Crippen LogP contribution in [0, 0.1) is 5.92 Å². The predicted octanol–water partition coefficient (Wildman–Crippen LogP) is 2.50. The summed E-state index contributed by atoms with van der Waals surface area (Å²) < 4.78 is 1.95. The summed E-state index contributed by atoms with van der Waals surface area (Å²) in [5.41, 5.74) is 0.364. The van der Waals surface area contributed by atoms with Gasteiger partial charge in [0, 0.05) is 25.5 Å². The number of halogens is 1. The largest absolute Gasteiger partial charge is 0.354 e. The molecule has 1 aromatic heterocycles. The highest BCUT2D eigenvalue weighted by molar-refractivity contribution is 6.33. The highest BCUT2D eigenvalue weighted by Crippen LogP contribution is 2.15. The first-order chi connectivity index (χ1) is 12.0. The number of nitrogens with one attached hydrogen (secondary N) is 2. The second kappa shape index (κ2) is 9.22. The Hall–Kier alpha value is -2.34. The molecule has 0 fully saturated rings. The van der Waals surface area contributed by atoms with Gasteiger partial charge in [-0.1, -0.05) is 37.6 Å². The van der Waals surface area contributed by atoms with E-state index in [9.17, 15) is 9.59 Å². The second-order valence-corrected chi connectivity index (χ2v) is 6.53. The normalized spacial score (nSPS) is 12.0. The summed E-state index contributed by atoms with van der Waals surface area (Å²) >= 11 is 6.04. The van der Waals surface area contributed by atoms with E-state index in [2.05, 4.69) is 15.6 Å². The molecule has 0 radical (unpaired) electrons. The van der Waals surface area contributed by atoms with Crippen molar-refractivity contribution < 1.29 is 9.59 Å². The molecular weight excluding hydrogens is 340 g/mol. The Morgan fingerprint density at radius 2 is 2.04 bits per heavy atom. The van der Waals surface area contributed by atoms with Gasteiger partial charge in [-0.3, -0.25) is 9.59 Å². The van der Waals surface area contributed by atoms with Gasteiger partial charge in [0.1, 0.15) is 6.04 Å². The lowest BCUT2D eigenvalue weighted by atomic mass is 10.0. The van der Waals surface area contributed by atoms with E-state index in [0.717, 1.165) is 13.0 Å². The van der Waals surface area contributed by atoms with Crippen LogP contribution >= 0.6 is 11.6 Å². The fourth-order valence-corrected chi connectivity index (χ4v) is 2.62. The van der Waals surface area contributed by atoms with Crippen LogP contribution in [0.4, 0.5) is 0 Å². The molecule has 7 heteroatoms. The molecule has 2 amide bonds. The topological polar surface area (TPSA) is 76.0 Å². The van der Waals surface area contributed by atoms with Gasteiger partial charge in [-0.25, -0.2) is 4.98 Å². The summed E-state index contributed by atoms with van der Waals surface area (Å²) in [6, 6.07) is 6.17. The zero-order valence-corrected chi connectivity index (χ0v) is 15.2. The molecule has 0 saturated heterocycles. The van der Waals surface area contributed by atoms with Gasteiger partial charge < -0.3 is 15.2 Å². The van der Waals surface area contributed by atoms with Gasteiger partial charge in [0.05, 0.1) is 16.9 Å². The van der Waals surface area contributed by atoms with Crippen LogP contribution in [-0.2, 0) is 11.3 Å². The summed E-state index contributed by atoms with van der Waals surface area (Å²) in [6.07, 6.45) is 6.12. The first-order valence-corrected chi connectivity index (χ1v) is 8.65. The Morgan fingerprint density at radius 3 is 2.68 bits per heavy atom. The molecule has 0 bridgehead atoms. The van der Waals surface area contributed by atoms with Gasteiger partial charge in [0.2, 0.25) is 5.91 Å². The summed E-state index contributed by atoms with van der Waals surface area (Å²) in [5.74, 6) is -0.584. The lowest BCUT2D eigenvalue weighted by molar-refractivity contribution is -0.123. The summed E-state index contributed by atoms with van der Waals surface area (Å²) in [5, 5.41) is 6.02. The van der Waals surface area contributed by atoms with Gasteiger partial charge in [0.25, 0.3) is 5.91 Å².